The lowest BCUT2D eigenvalue weighted by Crippen LogP contribution is -2.42. The highest BCUT2D eigenvalue weighted by atomic mass is 15.3. The van der Waals surface area contributed by atoms with Crippen molar-refractivity contribution in [1.82, 2.24) is 15.2 Å². The lowest BCUT2D eigenvalue weighted by molar-refractivity contribution is 0.233. The van der Waals surface area contributed by atoms with Gasteiger partial charge in [0.2, 0.25) is 0 Å². The number of benzene rings is 1. The number of aliphatic imine (C=N–C) groups is 2. The third-order valence-corrected chi connectivity index (χ3v) is 5.38. The Kier molecular flexibility index (Phi) is 6.21. The summed E-state index contributed by atoms with van der Waals surface area (Å²) in [4.78, 5) is 18.2. The Hall–Kier alpha value is -3.03. The van der Waals surface area contributed by atoms with Crippen molar-refractivity contribution in [2.45, 2.75) is 19.9 Å². The SMILES string of the molecule is CC/C=C1/N=C(c2cccnc2N)N(c2ccc(CN3CCNCC3)cc2)C1=NC. The molecule has 2 aliphatic heterocycles. The molecule has 2 aliphatic rings. The minimum absolute atomic E-state index is 0.463. The average Bonchev–Trinajstić information content (AvgIpc) is 3.13. The van der Waals surface area contributed by atoms with Crippen LogP contribution in [0.1, 0.15) is 24.5 Å². The summed E-state index contributed by atoms with van der Waals surface area (Å²) in [7, 11) is 1.80. The summed E-state index contributed by atoms with van der Waals surface area (Å²) >= 11 is 0. The number of anilines is 2. The second-order valence-electron chi connectivity index (χ2n) is 7.44. The molecular weight excluding hydrogens is 374 g/mol. The quantitative estimate of drug-likeness (QED) is 0.802. The molecular formula is C23H29N7. The van der Waals surface area contributed by atoms with Crippen LogP contribution in [0.5, 0.6) is 0 Å². The first-order valence-electron chi connectivity index (χ1n) is 10.5. The highest BCUT2D eigenvalue weighted by Crippen LogP contribution is 2.29. The van der Waals surface area contributed by atoms with Crippen molar-refractivity contribution in [3.05, 3.63) is 65.5 Å². The maximum absolute atomic E-state index is 6.19. The Balaban J connectivity index is 1.66. The Morgan fingerprint density at radius 1 is 1.17 bits per heavy atom. The summed E-state index contributed by atoms with van der Waals surface area (Å²) in [5, 5.41) is 3.40. The topological polar surface area (TPSA) is 82.1 Å². The molecule has 156 valence electrons. The molecule has 7 heteroatoms. The Bertz CT molecular complexity index is 969. The van der Waals surface area contributed by atoms with Crippen LogP contribution in [0.3, 0.4) is 0 Å². The first kappa shape index (κ1) is 20.3. The average molecular weight is 404 g/mol. The number of hydrogen-bond acceptors (Lipinski definition) is 6. The molecule has 0 bridgehead atoms. The lowest BCUT2D eigenvalue weighted by atomic mass is 10.1. The molecule has 0 radical (unpaired) electrons. The number of nitrogens with one attached hydrogen (secondary N) is 1. The molecule has 0 saturated carbocycles. The minimum Gasteiger partial charge on any atom is -0.383 e. The van der Waals surface area contributed by atoms with Gasteiger partial charge in [0, 0.05) is 51.7 Å². The number of allylic oxidation sites excluding steroid dienone is 1. The first-order chi connectivity index (χ1) is 14.7. The van der Waals surface area contributed by atoms with Gasteiger partial charge in [-0.15, -0.1) is 0 Å². The molecule has 1 fully saturated rings. The van der Waals surface area contributed by atoms with Crippen LogP contribution in [0.2, 0.25) is 0 Å². The molecule has 2 aromatic rings. The third-order valence-electron chi connectivity index (χ3n) is 5.38. The zero-order chi connectivity index (χ0) is 20.9. The van der Waals surface area contributed by atoms with Gasteiger partial charge in [-0.3, -0.25) is 14.8 Å². The molecule has 1 saturated heterocycles. The van der Waals surface area contributed by atoms with Crippen molar-refractivity contribution >= 4 is 23.2 Å². The first-order valence-corrected chi connectivity index (χ1v) is 10.5. The van der Waals surface area contributed by atoms with Crippen LogP contribution in [0, 0.1) is 0 Å². The molecule has 0 spiro atoms. The molecule has 30 heavy (non-hydrogen) atoms. The van der Waals surface area contributed by atoms with Crippen LogP contribution < -0.4 is 16.0 Å². The molecule has 7 nitrogen and oxygen atoms in total. The van der Waals surface area contributed by atoms with Crippen molar-refractivity contribution in [3.63, 3.8) is 0 Å². The summed E-state index contributed by atoms with van der Waals surface area (Å²) < 4.78 is 0. The van der Waals surface area contributed by atoms with Gasteiger partial charge in [-0.25, -0.2) is 9.98 Å². The molecule has 3 heterocycles. The monoisotopic (exact) mass is 403 g/mol. The van der Waals surface area contributed by atoms with Crippen LogP contribution in [0.15, 0.2) is 64.4 Å². The zero-order valence-electron chi connectivity index (χ0n) is 17.7. The molecule has 0 amide bonds. The molecule has 3 N–H and O–H groups in total. The number of piperazine rings is 1. The fourth-order valence-electron chi connectivity index (χ4n) is 3.88. The van der Waals surface area contributed by atoms with E-state index in [0.717, 1.165) is 67.8 Å². The van der Waals surface area contributed by atoms with E-state index in [2.05, 4.69) is 62.4 Å². The summed E-state index contributed by atoms with van der Waals surface area (Å²) in [6.45, 7) is 7.35. The van der Waals surface area contributed by atoms with Gasteiger partial charge in [-0.1, -0.05) is 25.1 Å². The van der Waals surface area contributed by atoms with Crippen LogP contribution >= 0.6 is 0 Å². The van der Waals surface area contributed by atoms with Gasteiger partial charge >= 0.3 is 0 Å². The summed E-state index contributed by atoms with van der Waals surface area (Å²) in [6, 6.07) is 12.5. The number of amidine groups is 2. The predicted molar refractivity (Wildman–Crippen MR) is 124 cm³/mol. The van der Waals surface area contributed by atoms with Crippen molar-refractivity contribution < 1.29 is 0 Å². The van der Waals surface area contributed by atoms with Crippen molar-refractivity contribution in [2.24, 2.45) is 9.98 Å². The molecule has 0 aliphatic carbocycles. The van der Waals surface area contributed by atoms with E-state index in [0.29, 0.717) is 5.82 Å². The van der Waals surface area contributed by atoms with E-state index in [1.54, 1.807) is 13.2 Å². The van der Waals surface area contributed by atoms with E-state index in [1.807, 2.05) is 12.1 Å². The van der Waals surface area contributed by atoms with Gasteiger partial charge in [0.05, 0.1) is 5.56 Å². The second-order valence-corrected chi connectivity index (χ2v) is 7.44. The van der Waals surface area contributed by atoms with Crippen molar-refractivity contribution in [3.8, 4) is 0 Å². The van der Waals surface area contributed by atoms with Crippen LogP contribution in [-0.2, 0) is 6.54 Å². The standard InChI is InChI=1S/C23H29N7/c1-3-5-20-23(25-2)30(22(28-20)19-6-4-11-27-21(19)24)18-9-7-17(8-10-18)16-29-14-12-26-13-15-29/h4-11,26H,3,12-16H2,1-2H3,(H2,24,27)/b20-5+,25-23?. The number of hydrogen-bond donors (Lipinski definition) is 2. The lowest BCUT2D eigenvalue weighted by Gasteiger charge is -2.27. The van der Waals surface area contributed by atoms with Gasteiger partial charge in [-0.2, -0.15) is 0 Å². The highest BCUT2D eigenvalue weighted by molar-refractivity contribution is 6.34. The normalized spacial score (nSPS) is 20.2. The molecule has 0 unspecified atom stereocenters. The summed E-state index contributed by atoms with van der Waals surface area (Å²) in [6.07, 6.45) is 4.67. The van der Waals surface area contributed by atoms with E-state index in [1.165, 1.54) is 5.56 Å². The summed E-state index contributed by atoms with van der Waals surface area (Å²) in [5.41, 5.74) is 10.2. The van der Waals surface area contributed by atoms with Gasteiger partial charge in [0.15, 0.2) is 11.7 Å². The maximum Gasteiger partial charge on any atom is 0.159 e. The minimum atomic E-state index is 0.463. The fourth-order valence-corrected chi connectivity index (χ4v) is 3.88. The van der Waals surface area contributed by atoms with Gasteiger partial charge in [0.25, 0.3) is 0 Å². The number of pyridine rings is 1. The number of nitrogen functional groups attached to an aromatic ring is 1. The van der Waals surface area contributed by atoms with Crippen LogP contribution in [0.25, 0.3) is 0 Å². The smallest absolute Gasteiger partial charge is 0.159 e. The van der Waals surface area contributed by atoms with E-state index >= 15 is 0 Å². The van der Waals surface area contributed by atoms with Crippen LogP contribution in [0.4, 0.5) is 11.5 Å². The second kappa shape index (κ2) is 9.19. The number of nitrogens with zero attached hydrogens (tertiary/aromatic N) is 5. The predicted octanol–water partition coefficient (Wildman–Crippen LogP) is 2.66. The van der Waals surface area contributed by atoms with Gasteiger partial charge in [-0.05, 0) is 36.2 Å². The number of aromatic nitrogens is 1. The molecule has 4 rings (SSSR count). The molecule has 0 atom stereocenters. The summed E-state index contributed by atoms with van der Waals surface area (Å²) in [5.74, 6) is 2.05. The fraction of sp³-hybridized carbons (Fsp3) is 0.348. The maximum atomic E-state index is 6.19. The van der Waals surface area contributed by atoms with Gasteiger partial charge < -0.3 is 11.1 Å². The Labute approximate surface area is 178 Å². The van der Waals surface area contributed by atoms with Crippen molar-refractivity contribution in [1.29, 1.82) is 0 Å². The Morgan fingerprint density at radius 2 is 1.93 bits per heavy atom. The van der Waals surface area contributed by atoms with E-state index in [-0.39, 0.29) is 0 Å². The molecule has 1 aromatic carbocycles. The van der Waals surface area contributed by atoms with E-state index in [4.69, 9.17) is 10.7 Å². The highest BCUT2D eigenvalue weighted by Gasteiger charge is 2.31. The molecule has 1 aromatic heterocycles. The van der Waals surface area contributed by atoms with Crippen molar-refractivity contribution in [2.75, 3.05) is 43.9 Å². The van der Waals surface area contributed by atoms with Crippen LogP contribution in [-0.4, -0.2) is 54.8 Å². The number of nitrogens with two attached hydrogens (primary N) is 1. The third kappa shape index (κ3) is 4.13. The van der Waals surface area contributed by atoms with Gasteiger partial charge in [0.1, 0.15) is 11.5 Å². The van der Waals surface area contributed by atoms with E-state index < -0.39 is 0 Å². The van der Waals surface area contributed by atoms with E-state index in [9.17, 15) is 0 Å². The Morgan fingerprint density at radius 3 is 2.60 bits per heavy atom. The largest absolute Gasteiger partial charge is 0.383 e. The number of rotatable bonds is 5. The zero-order valence-corrected chi connectivity index (χ0v) is 17.7.